The maximum absolute atomic E-state index is 12.3. The SMILES string of the molecule is C=Cc1cccc(C(=O)Oc2ccccc2C(=O)OCC2CO2)c1. The molecule has 1 unspecified atom stereocenters. The van der Waals surface area contributed by atoms with Crippen LogP contribution in [-0.4, -0.2) is 31.3 Å². The molecule has 1 heterocycles. The summed E-state index contributed by atoms with van der Waals surface area (Å²) in [6.45, 7) is 4.47. The second kappa shape index (κ2) is 7.10. The minimum absolute atomic E-state index is 0.0229. The van der Waals surface area contributed by atoms with Gasteiger partial charge in [-0.3, -0.25) is 0 Å². The van der Waals surface area contributed by atoms with Crippen LogP contribution in [0.4, 0.5) is 0 Å². The molecule has 0 spiro atoms. The molecular formula is C19H16O5. The molecule has 0 bridgehead atoms. The highest BCUT2D eigenvalue weighted by molar-refractivity contribution is 5.96. The maximum atomic E-state index is 12.3. The molecule has 2 aromatic carbocycles. The van der Waals surface area contributed by atoms with Crippen molar-refractivity contribution in [3.8, 4) is 5.75 Å². The van der Waals surface area contributed by atoms with Gasteiger partial charge in [0.2, 0.25) is 0 Å². The van der Waals surface area contributed by atoms with Crippen LogP contribution < -0.4 is 4.74 Å². The van der Waals surface area contributed by atoms with E-state index in [9.17, 15) is 9.59 Å². The van der Waals surface area contributed by atoms with Crippen LogP contribution in [0.1, 0.15) is 26.3 Å². The number of esters is 2. The van der Waals surface area contributed by atoms with Crippen molar-refractivity contribution in [2.75, 3.05) is 13.2 Å². The summed E-state index contributed by atoms with van der Waals surface area (Å²) in [4.78, 5) is 24.4. The summed E-state index contributed by atoms with van der Waals surface area (Å²) in [5.41, 5.74) is 1.38. The van der Waals surface area contributed by atoms with Crippen molar-refractivity contribution in [1.29, 1.82) is 0 Å². The summed E-state index contributed by atoms with van der Waals surface area (Å²) in [5.74, 6) is -0.938. The quantitative estimate of drug-likeness (QED) is 0.464. The molecule has 0 saturated carbocycles. The Morgan fingerprint density at radius 2 is 1.96 bits per heavy atom. The van der Waals surface area contributed by atoms with E-state index in [2.05, 4.69) is 6.58 Å². The molecule has 1 aliphatic rings. The largest absolute Gasteiger partial charge is 0.459 e. The van der Waals surface area contributed by atoms with Gasteiger partial charge in [-0.2, -0.15) is 0 Å². The molecule has 1 fully saturated rings. The van der Waals surface area contributed by atoms with Crippen molar-refractivity contribution in [2.24, 2.45) is 0 Å². The van der Waals surface area contributed by atoms with E-state index in [4.69, 9.17) is 14.2 Å². The summed E-state index contributed by atoms with van der Waals surface area (Å²) >= 11 is 0. The summed E-state index contributed by atoms with van der Waals surface area (Å²) in [6, 6.07) is 13.3. The van der Waals surface area contributed by atoms with Crippen molar-refractivity contribution < 1.29 is 23.8 Å². The fourth-order valence-electron chi connectivity index (χ4n) is 2.09. The lowest BCUT2D eigenvalue weighted by Gasteiger charge is -2.10. The molecule has 5 nitrogen and oxygen atoms in total. The Labute approximate surface area is 139 Å². The van der Waals surface area contributed by atoms with Gasteiger partial charge < -0.3 is 14.2 Å². The number of rotatable bonds is 6. The number of para-hydroxylation sites is 1. The number of carbonyl (C=O) groups is 2. The number of hydrogen-bond acceptors (Lipinski definition) is 5. The van der Waals surface area contributed by atoms with E-state index in [-0.39, 0.29) is 24.0 Å². The molecule has 0 aromatic heterocycles. The van der Waals surface area contributed by atoms with Crippen LogP contribution in [0.15, 0.2) is 55.1 Å². The van der Waals surface area contributed by atoms with Gasteiger partial charge in [0.1, 0.15) is 24.0 Å². The van der Waals surface area contributed by atoms with E-state index in [1.54, 1.807) is 48.5 Å². The van der Waals surface area contributed by atoms with E-state index >= 15 is 0 Å². The normalized spacial score (nSPS) is 15.4. The van der Waals surface area contributed by atoms with E-state index in [0.717, 1.165) is 5.56 Å². The molecule has 0 amide bonds. The van der Waals surface area contributed by atoms with E-state index < -0.39 is 11.9 Å². The number of ether oxygens (including phenoxy) is 3. The van der Waals surface area contributed by atoms with E-state index in [1.807, 2.05) is 6.07 Å². The summed E-state index contributed by atoms with van der Waals surface area (Å²) in [6.07, 6.45) is 1.62. The second-order valence-corrected chi connectivity index (χ2v) is 5.27. The molecule has 24 heavy (non-hydrogen) atoms. The van der Waals surface area contributed by atoms with Gasteiger partial charge >= 0.3 is 11.9 Å². The Morgan fingerprint density at radius 3 is 2.71 bits per heavy atom. The van der Waals surface area contributed by atoms with Crippen molar-refractivity contribution in [3.63, 3.8) is 0 Å². The highest BCUT2D eigenvalue weighted by atomic mass is 16.6. The first-order chi connectivity index (χ1) is 11.7. The van der Waals surface area contributed by atoms with E-state index in [1.165, 1.54) is 0 Å². The van der Waals surface area contributed by atoms with Crippen LogP contribution in [0, 0.1) is 0 Å². The first kappa shape index (κ1) is 16.0. The lowest BCUT2D eigenvalue weighted by atomic mass is 10.1. The topological polar surface area (TPSA) is 65.1 Å². The van der Waals surface area contributed by atoms with Crippen LogP contribution in [0.2, 0.25) is 0 Å². The molecule has 3 rings (SSSR count). The molecule has 2 aromatic rings. The molecule has 0 aliphatic carbocycles. The van der Waals surface area contributed by atoms with Crippen LogP contribution in [0.3, 0.4) is 0 Å². The minimum Gasteiger partial charge on any atom is -0.459 e. The van der Waals surface area contributed by atoms with Gasteiger partial charge in [0.15, 0.2) is 0 Å². The fraction of sp³-hybridized carbons (Fsp3) is 0.158. The van der Waals surface area contributed by atoms with Gasteiger partial charge in [-0.25, -0.2) is 9.59 Å². The molecule has 1 saturated heterocycles. The van der Waals surface area contributed by atoms with Gasteiger partial charge in [-0.05, 0) is 29.8 Å². The van der Waals surface area contributed by atoms with E-state index in [0.29, 0.717) is 12.2 Å². The van der Waals surface area contributed by atoms with Crippen LogP contribution in [0.25, 0.3) is 6.08 Å². The van der Waals surface area contributed by atoms with Crippen LogP contribution >= 0.6 is 0 Å². The standard InChI is InChI=1S/C19H16O5/c1-2-13-6-5-7-14(10-13)18(20)24-17-9-4-3-8-16(17)19(21)23-12-15-11-22-15/h2-10,15H,1,11-12H2. The van der Waals surface area contributed by atoms with Crippen molar-refractivity contribution in [1.82, 2.24) is 0 Å². The van der Waals surface area contributed by atoms with Gasteiger partial charge in [0, 0.05) is 0 Å². The van der Waals surface area contributed by atoms with Crippen molar-refractivity contribution in [3.05, 3.63) is 71.8 Å². The molecule has 0 N–H and O–H groups in total. The second-order valence-electron chi connectivity index (χ2n) is 5.27. The zero-order valence-electron chi connectivity index (χ0n) is 12.9. The predicted octanol–water partition coefficient (Wildman–Crippen LogP) is 3.10. The van der Waals surface area contributed by atoms with Crippen molar-refractivity contribution in [2.45, 2.75) is 6.10 Å². The Morgan fingerprint density at radius 1 is 1.17 bits per heavy atom. The molecule has 122 valence electrons. The highest BCUT2D eigenvalue weighted by Crippen LogP contribution is 2.21. The zero-order chi connectivity index (χ0) is 16.9. The molecule has 5 heteroatoms. The van der Waals surface area contributed by atoms with Gasteiger partial charge in [-0.1, -0.05) is 36.9 Å². The fourth-order valence-corrected chi connectivity index (χ4v) is 2.09. The van der Waals surface area contributed by atoms with Gasteiger partial charge in [-0.15, -0.1) is 0 Å². The van der Waals surface area contributed by atoms with Gasteiger partial charge in [0.25, 0.3) is 0 Å². The Balaban J connectivity index is 1.75. The summed E-state index contributed by atoms with van der Waals surface area (Å²) < 4.78 is 15.5. The zero-order valence-corrected chi connectivity index (χ0v) is 12.9. The lowest BCUT2D eigenvalue weighted by Crippen LogP contribution is -2.14. The van der Waals surface area contributed by atoms with Gasteiger partial charge in [0.05, 0.1) is 12.2 Å². The number of epoxide rings is 1. The number of carbonyl (C=O) groups excluding carboxylic acids is 2. The monoisotopic (exact) mass is 324 g/mol. The average molecular weight is 324 g/mol. The Kier molecular flexibility index (Phi) is 4.72. The average Bonchev–Trinajstić information content (AvgIpc) is 3.44. The summed E-state index contributed by atoms with van der Waals surface area (Å²) in [5, 5.41) is 0. The van der Waals surface area contributed by atoms with Crippen LogP contribution in [-0.2, 0) is 9.47 Å². The van der Waals surface area contributed by atoms with Crippen molar-refractivity contribution >= 4 is 18.0 Å². The third-order valence-corrected chi connectivity index (χ3v) is 3.47. The smallest absolute Gasteiger partial charge is 0.343 e. The highest BCUT2D eigenvalue weighted by Gasteiger charge is 2.25. The first-order valence-corrected chi connectivity index (χ1v) is 7.50. The Bertz CT molecular complexity index is 777. The third kappa shape index (κ3) is 3.88. The summed E-state index contributed by atoms with van der Waals surface area (Å²) in [7, 11) is 0. The lowest BCUT2D eigenvalue weighted by molar-refractivity contribution is 0.0471. The minimum atomic E-state index is -0.551. The third-order valence-electron chi connectivity index (χ3n) is 3.47. The number of benzene rings is 2. The maximum Gasteiger partial charge on any atom is 0.343 e. The molecule has 1 aliphatic heterocycles. The number of hydrogen-bond donors (Lipinski definition) is 0. The Hall–Kier alpha value is -2.92. The molecular weight excluding hydrogens is 308 g/mol. The van der Waals surface area contributed by atoms with Crippen LogP contribution in [0.5, 0.6) is 5.75 Å². The molecule has 0 radical (unpaired) electrons. The molecule has 1 atom stereocenters. The predicted molar refractivity (Wildman–Crippen MR) is 88.0 cm³/mol. The first-order valence-electron chi connectivity index (χ1n) is 7.50.